The van der Waals surface area contributed by atoms with Gasteiger partial charge < -0.3 is 14.9 Å². The van der Waals surface area contributed by atoms with Gasteiger partial charge in [-0.05, 0) is 18.2 Å². The van der Waals surface area contributed by atoms with Crippen LogP contribution in [0, 0.1) is 0 Å². The molecule has 0 aromatic heterocycles. The normalized spacial score (nSPS) is 18.2. The first-order chi connectivity index (χ1) is 8.61. The van der Waals surface area contributed by atoms with Crippen molar-refractivity contribution in [3.05, 3.63) is 29.3 Å². The van der Waals surface area contributed by atoms with Crippen molar-refractivity contribution in [2.45, 2.75) is 6.23 Å². The molecule has 1 atom stereocenters. The van der Waals surface area contributed by atoms with Crippen LogP contribution in [0.5, 0.6) is 5.75 Å². The number of phenols is 1. The number of nitrogens with zero attached hydrogens (tertiary/aromatic N) is 1. The number of aromatic carboxylic acids is 1. The zero-order chi connectivity index (χ0) is 13.1. The van der Waals surface area contributed by atoms with Gasteiger partial charge in [0.05, 0.1) is 11.3 Å². The van der Waals surface area contributed by atoms with Gasteiger partial charge in [-0.1, -0.05) is 0 Å². The van der Waals surface area contributed by atoms with Crippen molar-refractivity contribution in [3.63, 3.8) is 0 Å². The summed E-state index contributed by atoms with van der Waals surface area (Å²) in [6.07, 6.45) is -0.555. The van der Waals surface area contributed by atoms with Crippen LogP contribution in [-0.4, -0.2) is 39.7 Å². The van der Waals surface area contributed by atoms with Crippen LogP contribution in [0.1, 0.15) is 15.9 Å². The number of carbonyl (C=O) groups is 2. The van der Waals surface area contributed by atoms with Gasteiger partial charge >= 0.3 is 5.97 Å². The molecule has 0 radical (unpaired) electrons. The molecule has 0 saturated carbocycles. The van der Waals surface area contributed by atoms with Gasteiger partial charge in [0.1, 0.15) is 10.8 Å². The van der Waals surface area contributed by atoms with Crippen LogP contribution in [0.4, 0.5) is 0 Å². The summed E-state index contributed by atoms with van der Waals surface area (Å²) < 4.78 is 4.69. The number of carbonyl (C=O) groups excluding carboxylic acids is 1. The summed E-state index contributed by atoms with van der Waals surface area (Å²) in [5, 5.41) is 19.0. The maximum Gasteiger partial charge on any atom is 0.335 e. The maximum atomic E-state index is 10.7. The molecule has 1 aliphatic heterocycles. The first kappa shape index (κ1) is 12.4. The van der Waals surface area contributed by atoms with Crippen LogP contribution in [0.2, 0.25) is 0 Å². The molecule has 6 nitrogen and oxygen atoms in total. The molecule has 2 N–H and O–H groups in total. The zero-order valence-electron chi connectivity index (χ0n) is 9.07. The molecular weight excluding hydrogens is 258 g/mol. The molecular formula is C11H9NO5S. The number of thioether (sulfide) groups is 1. The minimum Gasteiger partial charge on any atom is -0.507 e. The monoisotopic (exact) mass is 267 g/mol. The highest BCUT2D eigenvalue weighted by atomic mass is 32.2. The number of phenolic OH excluding ortho intramolecular Hbond substituents is 1. The molecule has 1 aromatic rings. The molecule has 0 aliphatic carbocycles. The first-order valence-electron chi connectivity index (χ1n) is 4.98. The molecule has 0 unspecified atom stereocenters. The van der Waals surface area contributed by atoms with Gasteiger partial charge in [0, 0.05) is 5.56 Å². The number of carboxylic acids is 1. The Kier molecular flexibility index (Phi) is 3.52. The second-order valence-electron chi connectivity index (χ2n) is 3.47. The highest BCUT2D eigenvalue weighted by Crippen LogP contribution is 2.29. The molecule has 0 spiro atoms. The van der Waals surface area contributed by atoms with Crippen LogP contribution < -0.4 is 0 Å². The zero-order valence-corrected chi connectivity index (χ0v) is 9.88. The number of hydrogen-bond acceptors (Lipinski definition) is 6. The molecule has 1 aromatic carbocycles. The fourth-order valence-electron chi connectivity index (χ4n) is 1.48. The van der Waals surface area contributed by atoms with Gasteiger partial charge in [0.15, 0.2) is 0 Å². The Labute approximate surface area is 106 Å². The lowest BCUT2D eigenvalue weighted by Crippen LogP contribution is -2.07. The van der Waals surface area contributed by atoms with Gasteiger partial charge in [-0.3, -0.25) is 4.79 Å². The second kappa shape index (κ2) is 5.09. The predicted molar refractivity (Wildman–Crippen MR) is 65.0 cm³/mol. The van der Waals surface area contributed by atoms with E-state index in [1.807, 2.05) is 0 Å². The highest BCUT2D eigenvalue weighted by molar-refractivity contribution is 8.14. The molecule has 1 heterocycles. The fraction of sp³-hybridized carbons (Fsp3) is 0.182. The number of benzene rings is 1. The number of rotatable bonds is 4. The Balaban J connectivity index is 2.27. The summed E-state index contributed by atoms with van der Waals surface area (Å²) in [6.45, 7) is 0.324. The molecule has 7 heteroatoms. The van der Waals surface area contributed by atoms with E-state index in [4.69, 9.17) is 9.84 Å². The van der Waals surface area contributed by atoms with Crippen LogP contribution >= 0.6 is 11.8 Å². The van der Waals surface area contributed by atoms with Crippen molar-refractivity contribution in [1.82, 2.24) is 0 Å². The van der Waals surface area contributed by atoms with Gasteiger partial charge in [-0.2, -0.15) is 0 Å². The third-order valence-electron chi connectivity index (χ3n) is 2.31. The van der Waals surface area contributed by atoms with Crippen LogP contribution in [0.25, 0.3) is 0 Å². The Hall–Kier alpha value is -2.02. The summed E-state index contributed by atoms with van der Waals surface area (Å²) in [5.74, 6) is -0.790. The van der Waals surface area contributed by atoms with Crippen molar-refractivity contribution in [2.24, 2.45) is 4.99 Å². The van der Waals surface area contributed by atoms with Crippen molar-refractivity contribution in [2.75, 3.05) is 5.75 Å². The average Bonchev–Trinajstić information content (AvgIpc) is 2.77. The molecule has 1 aliphatic rings. The van der Waals surface area contributed by atoms with Gasteiger partial charge in [0.25, 0.3) is 6.47 Å². The summed E-state index contributed by atoms with van der Waals surface area (Å²) >= 11 is 1.33. The number of aromatic hydroxyl groups is 1. The molecule has 0 saturated heterocycles. The quantitative estimate of drug-likeness (QED) is 0.792. The van der Waals surface area contributed by atoms with E-state index in [1.165, 1.54) is 23.9 Å². The van der Waals surface area contributed by atoms with Gasteiger partial charge in [-0.25, -0.2) is 9.79 Å². The lowest BCUT2D eigenvalue weighted by molar-refractivity contribution is -0.132. The van der Waals surface area contributed by atoms with E-state index in [9.17, 15) is 14.7 Å². The van der Waals surface area contributed by atoms with Crippen LogP contribution in [0.3, 0.4) is 0 Å². The number of carboxylic acid groups (broad SMARTS) is 1. The predicted octanol–water partition coefficient (Wildman–Crippen LogP) is 1.08. The largest absolute Gasteiger partial charge is 0.507 e. The second-order valence-corrected chi connectivity index (χ2v) is 4.48. The first-order valence-corrected chi connectivity index (χ1v) is 5.96. The van der Waals surface area contributed by atoms with E-state index in [0.717, 1.165) is 6.07 Å². The molecule has 0 bridgehead atoms. The van der Waals surface area contributed by atoms with Crippen molar-refractivity contribution >= 4 is 29.2 Å². The van der Waals surface area contributed by atoms with E-state index < -0.39 is 12.2 Å². The van der Waals surface area contributed by atoms with E-state index in [1.54, 1.807) is 0 Å². The Morgan fingerprint density at radius 1 is 1.56 bits per heavy atom. The minimum atomic E-state index is -1.11. The lowest BCUT2D eigenvalue weighted by Gasteiger charge is -2.04. The highest BCUT2D eigenvalue weighted by Gasteiger charge is 2.22. The molecule has 0 fully saturated rings. The van der Waals surface area contributed by atoms with Crippen LogP contribution in [0.15, 0.2) is 23.2 Å². The Morgan fingerprint density at radius 3 is 2.94 bits per heavy atom. The standard InChI is InChI=1S/C11H9NO5S/c13-5-17-9-4-18-10(12-9)7-2-1-6(11(15)16)3-8(7)14/h1-3,5,9,14H,4H2,(H,15,16)/t9-/m0/s1. The molecule has 0 amide bonds. The summed E-state index contributed by atoms with van der Waals surface area (Å²) in [4.78, 5) is 25.0. The van der Waals surface area contributed by atoms with E-state index in [2.05, 4.69) is 4.99 Å². The smallest absolute Gasteiger partial charge is 0.335 e. The minimum absolute atomic E-state index is 0.000499. The van der Waals surface area contributed by atoms with Crippen LogP contribution in [-0.2, 0) is 9.53 Å². The maximum absolute atomic E-state index is 10.7. The Bertz CT molecular complexity index is 528. The lowest BCUT2D eigenvalue weighted by atomic mass is 10.1. The fourth-order valence-corrected chi connectivity index (χ4v) is 2.46. The SMILES string of the molecule is O=CO[C@H]1CSC(c2ccc(C(=O)O)cc2O)=N1. The van der Waals surface area contributed by atoms with Crippen molar-refractivity contribution in [1.29, 1.82) is 0 Å². The topological polar surface area (TPSA) is 96.2 Å². The van der Waals surface area contributed by atoms with Crippen molar-refractivity contribution in [3.8, 4) is 5.75 Å². The summed E-state index contributed by atoms with van der Waals surface area (Å²) in [7, 11) is 0. The van der Waals surface area contributed by atoms with Crippen molar-refractivity contribution < 1.29 is 24.5 Å². The number of ether oxygens (including phenoxy) is 1. The third kappa shape index (κ3) is 2.45. The Morgan fingerprint density at radius 2 is 2.33 bits per heavy atom. The molecule has 18 heavy (non-hydrogen) atoms. The van der Waals surface area contributed by atoms with E-state index in [0.29, 0.717) is 22.8 Å². The number of hydrogen-bond donors (Lipinski definition) is 2. The van der Waals surface area contributed by atoms with E-state index in [-0.39, 0.29) is 11.3 Å². The van der Waals surface area contributed by atoms with Gasteiger partial charge in [-0.15, -0.1) is 11.8 Å². The average molecular weight is 267 g/mol. The molecule has 2 rings (SSSR count). The molecule has 94 valence electrons. The van der Waals surface area contributed by atoms with E-state index >= 15 is 0 Å². The summed E-state index contributed by atoms with van der Waals surface area (Å²) in [6, 6.07) is 4.02. The van der Waals surface area contributed by atoms with Gasteiger partial charge in [0.2, 0.25) is 6.23 Å². The summed E-state index contributed by atoms with van der Waals surface area (Å²) in [5.41, 5.74) is 0.433. The third-order valence-corrected chi connectivity index (χ3v) is 3.36. The number of aliphatic imine (C=N–C) groups is 1.